The summed E-state index contributed by atoms with van der Waals surface area (Å²) in [6.45, 7) is 9.44. The summed E-state index contributed by atoms with van der Waals surface area (Å²) in [7, 11) is 1.55. The second kappa shape index (κ2) is 7.80. The lowest BCUT2D eigenvalue weighted by Gasteiger charge is -2.17. The maximum atomic E-state index is 11.3. The smallest absolute Gasteiger partial charge is 0.335 e. The van der Waals surface area contributed by atoms with Crippen LogP contribution < -0.4 is 4.74 Å². The lowest BCUT2D eigenvalue weighted by molar-refractivity contribution is 0.0696. The molecule has 120 valence electrons. The van der Waals surface area contributed by atoms with Crippen molar-refractivity contribution >= 4 is 5.97 Å². The largest absolute Gasteiger partial charge is 0.496 e. The first kappa shape index (κ1) is 18.0. The molecule has 1 atom stereocenters. The fourth-order valence-electron chi connectivity index (χ4n) is 2.14. The quantitative estimate of drug-likeness (QED) is 0.758. The minimum Gasteiger partial charge on any atom is -0.496 e. The lowest BCUT2D eigenvalue weighted by Crippen LogP contribution is -2.13. The van der Waals surface area contributed by atoms with E-state index in [0.717, 1.165) is 11.1 Å². The topological polar surface area (TPSA) is 66.8 Å². The number of benzene rings is 1. The number of carboxylic acids is 1. The number of aromatic carboxylic acids is 1. The van der Waals surface area contributed by atoms with Gasteiger partial charge in [0, 0.05) is 6.42 Å². The van der Waals surface area contributed by atoms with Crippen molar-refractivity contribution in [1.82, 2.24) is 0 Å². The molecule has 0 saturated heterocycles. The molecule has 1 unspecified atom stereocenters. The maximum Gasteiger partial charge on any atom is 0.335 e. The zero-order valence-electron chi connectivity index (χ0n) is 13.6. The molecule has 1 rings (SSSR count). The molecule has 2 N–H and O–H groups in total. The van der Waals surface area contributed by atoms with E-state index in [1.807, 2.05) is 19.9 Å². The van der Waals surface area contributed by atoms with Gasteiger partial charge >= 0.3 is 5.97 Å². The van der Waals surface area contributed by atoms with Gasteiger partial charge < -0.3 is 14.9 Å². The standard InChI is InChI=1S/C18H24O4/c1-11(2)6-7-13-8-15(18(20)21)9-14(17(13)22-5)10-16(19)12(3)4/h6,8-9,16,19H,3,7,10H2,1-2,4-5H3,(H,20,21). The van der Waals surface area contributed by atoms with Gasteiger partial charge in [-0.05, 0) is 50.5 Å². The van der Waals surface area contributed by atoms with E-state index in [1.165, 1.54) is 0 Å². The average Bonchev–Trinajstić information content (AvgIpc) is 2.44. The Kier molecular flexibility index (Phi) is 6.38. The molecule has 1 aromatic rings. The summed E-state index contributed by atoms with van der Waals surface area (Å²) in [5.41, 5.74) is 3.45. The number of aliphatic hydroxyl groups is 1. The monoisotopic (exact) mass is 304 g/mol. The van der Waals surface area contributed by atoms with Crippen LogP contribution in [0.4, 0.5) is 0 Å². The van der Waals surface area contributed by atoms with E-state index in [9.17, 15) is 15.0 Å². The van der Waals surface area contributed by atoms with E-state index in [4.69, 9.17) is 4.74 Å². The Hall–Kier alpha value is -2.07. The molecule has 0 fully saturated rings. The second-order valence-electron chi connectivity index (χ2n) is 5.68. The van der Waals surface area contributed by atoms with Gasteiger partial charge in [-0.1, -0.05) is 23.8 Å². The Balaban J connectivity index is 3.35. The van der Waals surface area contributed by atoms with E-state index in [1.54, 1.807) is 26.2 Å². The molecule has 0 aliphatic heterocycles. The molecule has 0 aliphatic rings. The van der Waals surface area contributed by atoms with Crippen LogP contribution in [0.1, 0.15) is 42.3 Å². The molecular weight excluding hydrogens is 280 g/mol. The normalized spacial score (nSPS) is 11.7. The van der Waals surface area contributed by atoms with Crippen molar-refractivity contribution < 1.29 is 19.7 Å². The van der Waals surface area contributed by atoms with Gasteiger partial charge in [0.25, 0.3) is 0 Å². The van der Waals surface area contributed by atoms with Crippen molar-refractivity contribution in [3.05, 3.63) is 52.6 Å². The number of hydrogen-bond acceptors (Lipinski definition) is 3. The zero-order valence-corrected chi connectivity index (χ0v) is 13.6. The van der Waals surface area contributed by atoms with Crippen LogP contribution in [0.3, 0.4) is 0 Å². The molecule has 0 saturated carbocycles. The van der Waals surface area contributed by atoms with Crippen LogP contribution in [-0.4, -0.2) is 29.4 Å². The Bertz CT molecular complexity index is 595. The van der Waals surface area contributed by atoms with Crippen LogP contribution in [0.15, 0.2) is 35.9 Å². The van der Waals surface area contributed by atoms with Crippen molar-refractivity contribution in [2.75, 3.05) is 7.11 Å². The minimum atomic E-state index is -0.993. The first-order valence-electron chi connectivity index (χ1n) is 7.16. The molecule has 0 aliphatic carbocycles. The van der Waals surface area contributed by atoms with Crippen molar-refractivity contribution in [1.29, 1.82) is 0 Å². The van der Waals surface area contributed by atoms with Crippen LogP contribution in [0, 0.1) is 0 Å². The van der Waals surface area contributed by atoms with E-state index in [-0.39, 0.29) is 12.0 Å². The predicted molar refractivity (Wildman–Crippen MR) is 87.6 cm³/mol. The number of ether oxygens (including phenoxy) is 1. The Morgan fingerprint density at radius 3 is 2.36 bits per heavy atom. The SMILES string of the molecule is C=C(C)C(O)Cc1cc(C(=O)O)cc(CC=C(C)C)c1OC. The van der Waals surface area contributed by atoms with Gasteiger partial charge in [0.05, 0.1) is 18.8 Å². The molecular formula is C18H24O4. The van der Waals surface area contributed by atoms with Crippen LogP contribution >= 0.6 is 0 Å². The number of rotatable bonds is 7. The van der Waals surface area contributed by atoms with Crippen molar-refractivity contribution in [3.8, 4) is 5.75 Å². The minimum absolute atomic E-state index is 0.196. The van der Waals surface area contributed by atoms with Crippen molar-refractivity contribution in [2.24, 2.45) is 0 Å². The van der Waals surface area contributed by atoms with E-state index < -0.39 is 12.1 Å². The third-order valence-corrected chi connectivity index (χ3v) is 3.41. The number of carbonyl (C=O) groups is 1. The summed E-state index contributed by atoms with van der Waals surface area (Å²) in [6, 6.07) is 3.18. The third-order valence-electron chi connectivity index (χ3n) is 3.41. The van der Waals surface area contributed by atoms with Crippen molar-refractivity contribution in [3.63, 3.8) is 0 Å². The van der Waals surface area contributed by atoms with Crippen LogP contribution in [-0.2, 0) is 12.8 Å². The van der Waals surface area contributed by atoms with Gasteiger partial charge in [-0.25, -0.2) is 4.79 Å². The second-order valence-corrected chi connectivity index (χ2v) is 5.68. The highest BCUT2D eigenvalue weighted by molar-refractivity contribution is 5.88. The maximum absolute atomic E-state index is 11.3. The highest BCUT2D eigenvalue weighted by Gasteiger charge is 2.17. The van der Waals surface area contributed by atoms with Gasteiger partial charge in [-0.15, -0.1) is 0 Å². The van der Waals surface area contributed by atoms with E-state index >= 15 is 0 Å². The van der Waals surface area contributed by atoms with Gasteiger partial charge in [0.2, 0.25) is 0 Å². The molecule has 4 heteroatoms. The fraction of sp³-hybridized carbons (Fsp3) is 0.389. The Labute approximate surface area is 131 Å². The number of methoxy groups -OCH3 is 1. The average molecular weight is 304 g/mol. The molecule has 0 heterocycles. The molecule has 0 aromatic heterocycles. The van der Waals surface area contributed by atoms with Crippen LogP contribution in [0.2, 0.25) is 0 Å². The summed E-state index contributed by atoms with van der Waals surface area (Å²) in [6.07, 6.45) is 2.15. The first-order chi connectivity index (χ1) is 10.3. The first-order valence-corrected chi connectivity index (χ1v) is 7.16. The molecule has 0 amide bonds. The summed E-state index contributed by atoms with van der Waals surface area (Å²) >= 11 is 0. The molecule has 0 radical (unpaired) electrons. The Morgan fingerprint density at radius 2 is 1.91 bits per heavy atom. The van der Waals surface area contributed by atoms with Crippen LogP contribution in [0.25, 0.3) is 0 Å². The predicted octanol–water partition coefficient (Wildman–Crippen LogP) is 3.38. The molecule has 1 aromatic carbocycles. The lowest BCUT2D eigenvalue weighted by atomic mass is 9.95. The molecule has 0 spiro atoms. The van der Waals surface area contributed by atoms with Gasteiger partial charge in [-0.2, -0.15) is 0 Å². The molecule has 0 bridgehead atoms. The summed E-state index contributed by atoms with van der Waals surface area (Å²) in [4.78, 5) is 11.3. The highest BCUT2D eigenvalue weighted by atomic mass is 16.5. The van der Waals surface area contributed by atoms with Gasteiger partial charge in [0.15, 0.2) is 0 Å². The van der Waals surface area contributed by atoms with E-state index in [2.05, 4.69) is 6.58 Å². The van der Waals surface area contributed by atoms with Crippen molar-refractivity contribution in [2.45, 2.75) is 39.7 Å². The summed E-state index contributed by atoms with van der Waals surface area (Å²) in [5, 5.41) is 19.3. The number of aliphatic hydroxyl groups excluding tert-OH is 1. The zero-order chi connectivity index (χ0) is 16.9. The Morgan fingerprint density at radius 1 is 1.32 bits per heavy atom. The fourth-order valence-corrected chi connectivity index (χ4v) is 2.14. The number of hydrogen-bond donors (Lipinski definition) is 2. The number of allylic oxidation sites excluding steroid dienone is 2. The van der Waals surface area contributed by atoms with Gasteiger partial charge in [-0.3, -0.25) is 0 Å². The van der Waals surface area contributed by atoms with Gasteiger partial charge in [0.1, 0.15) is 5.75 Å². The number of carboxylic acid groups (broad SMARTS) is 1. The summed E-state index contributed by atoms with van der Waals surface area (Å²) < 4.78 is 5.46. The molecule has 4 nitrogen and oxygen atoms in total. The van der Waals surface area contributed by atoms with Crippen LogP contribution in [0.5, 0.6) is 5.75 Å². The van der Waals surface area contributed by atoms with E-state index in [0.29, 0.717) is 23.3 Å². The molecule has 22 heavy (non-hydrogen) atoms. The third kappa shape index (κ3) is 4.74. The summed E-state index contributed by atoms with van der Waals surface area (Å²) in [5.74, 6) is -0.366. The highest BCUT2D eigenvalue weighted by Crippen LogP contribution is 2.29.